The van der Waals surface area contributed by atoms with Crippen LogP contribution in [-0.2, 0) is 0 Å². The van der Waals surface area contributed by atoms with Crippen molar-refractivity contribution in [2.24, 2.45) is 0 Å². The maximum Gasteiger partial charge on any atom is 0.122 e. The second-order valence-corrected chi connectivity index (χ2v) is 2.57. The van der Waals surface area contributed by atoms with Gasteiger partial charge in [0.1, 0.15) is 5.75 Å². The van der Waals surface area contributed by atoms with Gasteiger partial charge in [0, 0.05) is 5.56 Å². The highest BCUT2D eigenvalue weighted by atomic mass is 127. The van der Waals surface area contributed by atoms with E-state index < -0.39 is 0 Å². The summed E-state index contributed by atoms with van der Waals surface area (Å²) in [5.74, 6) is 0.329. The highest BCUT2D eigenvalue weighted by Gasteiger charge is 1.91. The van der Waals surface area contributed by atoms with Crippen LogP contribution >= 0.6 is 22.6 Å². The van der Waals surface area contributed by atoms with Crippen LogP contribution in [0.4, 0.5) is 0 Å². The molecule has 0 amide bonds. The summed E-state index contributed by atoms with van der Waals surface area (Å²) in [6.07, 6.45) is 1.86. The van der Waals surface area contributed by atoms with Crippen LogP contribution in [0.5, 0.6) is 5.75 Å². The lowest BCUT2D eigenvalue weighted by Crippen LogP contribution is -1.70. The lowest BCUT2D eigenvalue weighted by molar-refractivity contribution is 0.474. The van der Waals surface area contributed by atoms with Crippen LogP contribution < -0.4 is 0 Å². The Balaban J connectivity index is 3.03. The van der Waals surface area contributed by atoms with E-state index in [0.717, 1.165) is 5.56 Å². The molecule has 0 fully saturated rings. The molecule has 0 bridgehead atoms. The van der Waals surface area contributed by atoms with E-state index in [2.05, 4.69) is 22.6 Å². The van der Waals surface area contributed by atoms with Crippen LogP contribution in [0.25, 0.3) is 6.08 Å². The van der Waals surface area contributed by atoms with Gasteiger partial charge < -0.3 is 5.11 Å². The zero-order valence-corrected chi connectivity index (χ0v) is 7.45. The van der Waals surface area contributed by atoms with Crippen molar-refractivity contribution in [3.63, 3.8) is 0 Å². The zero-order valence-electron chi connectivity index (χ0n) is 5.29. The van der Waals surface area contributed by atoms with Gasteiger partial charge in [0.2, 0.25) is 0 Å². The summed E-state index contributed by atoms with van der Waals surface area (Å²) >= 11 is 2.12. The summed E-state index contributed by atoms with van der Waals surface area (Å²) in [5.41, 5.74) is 0.858. The third-order valence-electron chi connectivity index (χ3n) is 1.18. The molecule has 0 aliphatic heterocycles. The number of hydrogen-bond acceptors (Lipinski definition) is 1. The Bertz CT molecular complexity index is 243. The molecule has 0 atom stereocenters. The van der Waals surface area contributed by atoms with E-state index >= 15 is 0 Å². The largest absolute Gasteiger partial charge is 0.507 e. The fourth-order valence-corrected chi connectivity index (χ4v) is 1.08. The molecule has 0 radical (unpaired) electrons. The summed E-state index contributed by atoms with van der Waals surface area (Å²) in [7, 11) is 0. The highest BCUT2D eigenvalue weighted by Crippen LogP contribution is 2.17. The molecule has 1 aromatic rings. The number of hydrogen-bond donors (Lipinski definition) is 1. The molecule has 0 spiro atoms. The summed E-state index contributed by atoms with van der Waals surface area (Å²) < 4.78 is 1.87. The Morgan fingerprint density at radius 1 is 1.30 bits per heavy atom. The molecule has 1 rings (SSSR count). The van der Waals surface area contributed by atoms with Crippen LogP contribution in [0, 0.1) is 0 Å². The van der Waals surface area contributed by atoms with Crippen LogP contribution in [0.1, 0.15) is 5.56 Å². The monoisotopic (exact) mass is 246 g/mol. The first-order chi connectivity index (χ1) is 4.84. The van der Waals surface area contributed by atoms with Crippen molar-refractivity contribution in [2.75, 3.05) is 0 Å². The van der Waals surface area contributed by atoms with Gasteiger partial charge in [-0.2, -0.15) is 0 Å². The standard InChI is InChI=1S/C8H7IO/c9-6-5-7-3-1-2-4-8(7)10/h1-6,10H/b6-5-. The molecule has 0 unspecified atom stereocenters. The molecular weight excluding hydrogens is 239 g/mol. The topological polar surface area (TPSA) is 20.2 Å². The Hall–Kier alpha value is -0.510. The first kappa shape index (κ1) is 7.60. The smallest absolute Gasteiger partial charge is 0.122 e. The molecule has 0 aliphatic carbocycles. The van der Waals surface area contributed by atoms with Crippen molar-refractivity contribution in [3.8, 4) is 5.75 Å². The average Bonchev–Trinajstić information content (AvgIpc) is 1.94. The number of benzene rings is 1. The number of halogens is 1. The number of aromatic hydroxyl groups is 1. The maximum atomic E-state index is 9.19. The lowest BCUT2D eigenvalue weighted by Gasteiger charge is -1.94. The summed E-state index contributed by atoms with van der Waals surface area (Å²) in [4.78, 5) is 0. The van der Waals surface area contributed by atoms with Crippen molar-refractivity contribution in [1.82, 2.24) is 0 Å². The van der Waals surface area contributed by atoms with E-state index in [1.165, 1.54) is 0 Å². The minimum Gasteiger partial charge on any atom is -0.507 e. The second-order valence-electron chi connectivity index (χ2n) is 1.85. The van der Waals surface area contributed by atoms with Crippen LogP contribution in [0.3, 0.4) is 0 Å². The molecule has 52 valence electrons. The third kappa shape index (κ3) is 1.73. The predicted molar refractivity (Wildman–Crippen MR) is 51.2 cm³/mol. The van der Waals surface area contributed by atoms with E-state index in [9.17, 15) is 5.11 Å². The highest BCUT2D eigenvalue weighted by molar-refractivity contribution is 14.1. The van der Waals surface area contributed by atoms with Gasteiger partial charge in [0.05, 0.1) is 0 Å². The Kier molecular flexibility index (Phi) is 2.74. The summed E-state index contributed by atoms with van der Waals surface area (Å²) in [5, 5.41) is 9.19. The van der Waals surface area contributed by atoms with Crippen molar-refractivity contribution >= 4 is 28.7 Å². The van der Waals surface area contributed by atoms with Crippen LogP contribution in [0.15, 0.2) is 28.3 Å². The first-order valence-electron chi connectivity index (χ1n) is 2.89. The van der Waals surface area contributed by atoms with E-state index in [0.29, 0.717) is 5.75 Å². The molecule has 10 heavy (non-hydrogen) atoms. The molecule has 0 heterocycles. The quantitative estimate of drug-likeness (QED) is 0.755. The van der Waals surface area contributed by atoms with E-state index in [1.807, 2.05) is 22.3 Å². The van der Waals surface area contributed by atoms with E-state index in [-0.39, 0.29) is 0 Å². The Morgan fingerprint density at radius 3 is 2.60 bits per heavy atom. The summed E-state index contributed by atoms with van der Waals surface area (Å²) in [6, 6.07) is 7.24. The van der Waals surface area contributed by atoms with Crippen molar-refractivity contribution in [1.29, 1.82) is 0 Å². The van der Waals surface area contributed by atoms with Gasteiger partial charge in [-0.1, -0.05) is 40.8 Å². The van der Waals surface area contributed by atoms with Crippen molar-refractivity contribution in [2.45, 2.75) is 0 Å². The molecule has 1 aromatic carbocycles. The lowest BCUT2D eigenvalue weighted by atomic mass is 10.2. The molecular formula is C8H7IO. The van der Waals surface area contributed by atoms with Crippen LogP contribution in [-0.4, -0.2) is 5.11 Å². The SMILES string of the molecule is Oc1ccccc1/C=C\I. The molecule has 1 nitrogen and oxygen atoms in total. The van der Waals surface area contributed by atoms with Gasteiger partial charge in [0.15, 0.2) is 0 Å². The fraction of sp³-hybridized carbons (Fsp3) is 0. The fourth-order valence-electron chi connectivity index (χ4n) is 0.696. The van der Waals surface area contributed by atoms with Crippen molar-refractivity contribution < 1.29 is 5.11 Å². The minimum absolute atomic E-state index is 0.329. The molecule has 0 saturated carbocycles. The number of phenols is 1. The first-order valence-corrected chi connectivity index (χ1v) is 4.14. The zero-order chi connectivity index (χ0) is 7.40. The maximum absolute atomic E-state index is 9.19. The molecule has 0 aromatic heterocycles. The molecule has 0 saturated heterocycles. The Morgan fingerprint density at radius 2 is 2.00 bits per heavy atom. The second kappa shape index (κ2) is 3.61. The van der Waals surface area contributed by atoms with Gasteiger partial charge in [-0.3, -0.25) is 0 Å². The van der Waals surface area contributed by atoms with Gasteiger partial charge in [-0.25, -0.2) is 0 Å². The Labute approximate surface area is 73.5 Å². The van der Waals surface area contributed by atoms with Crippen LogP contribution in [0.2, 0.25) is 0 Å². The van der Waals surface area contributed by atoms with Gasteiger partial charge in [-0.15, -0.1) is 0 Å². The van der Waals surface area contributed by atoms with E-state index in [1.54, 1.807) is 12.1 Å². The number of phenolic OH excluding ortho intramolecular Hbond substituents is 1. The average molecular weight is 246 g/mol. The van der Waals surface area contributed by atoms with Gasteiger partial charge in [0.25, 0.3) is 0 Å². The van der Waals surface area contributed by atoms with Gasteiger partial charge >= 0.3 is 0 Å². The molecule has 1 N–H and O–H groups in total. The third-order valence-corrected chi connectivity index (χ3v) is 1.54. The van der Waals surface area contributed by atoms with E-state index in [4.69, 9.17) is 0 Å². The van der Waals surface area contributed by atoms with Gasteiger partial charge in [-0.05, 0) is 16.2 Å². The predicted octanol–water partition coefficient (Wildman–Crippen LogP) is 2.80. The normalized spacial score (nSPS) is 10.5. The number of rotatable bonds is 1. The van der Waals surface area contributed by atoms with Crippen molar-refractivity contribution in [3.05, 3.63) is 33.9 Å². The minimum atomic E-state index is 0.329. The summed E-state index contributed by atoms with van der Waals surface area (Å²) in [6.45, 7) is 0. The molecule has 0 aliphatic rings. The molecule has 2 heteroatoms. The number of para-hydroxylation sites is 1.